The van der Waals surface area contributed by atoms with Crippen LogP contribution in [-0.4, -0.2) is 16.0 Å². The molecule has 0 aliphatic rings. The van der Waals surface area contributed by atoms with Gasteiger partial charge in [0.2, 0.25) is 0 Å². The Morgan fingerprint density at radius 1 is 0.800 bits per heavy atom. The molecule has 0 aliphatic carbocycles. The average molecular weight is 274 g/mol. The van der Waals surface area contributed by atoms with Crippen molar-refractivity contribution >= 4 is 5.78 Å². The summed E-state index contributed by atoms with van der Waals surface area (Å²) in [4.78, 5) is 11.9. The Morgan fingerprint density at radius 3 is 1.80 bits per heavy atom. The second-order valence-electron chi connectivity index (χ2n) is 3.39. The van der Waals surface area contributed by atoms with Gasteiger partial charge in [0.05, 0.1) is 5.56 Å². The van der Waals surface area contributed by atoms with Gasteiger partial charge in [0, 0.05) is 5.56 Å². The van der Waals surface area contributed by atoms with E-state index in [1.807, 2.05) is 27.7 Å². The van der Waals surface area contributed by atoms with Crippen molar-refractivity contribution in [1.82, 2.24) is 0 Å². The summed E-state index contributed by atoms with van der Waals surface area (Å²) in [6.45, 7) is 8.00. The smallest absolute Gasteiger partial charge is 0.196 e. The van der Waals surface area contributed by atoms with Gasteiger partial charge in [0.1, 0.15) is 11.5 Å². The maximum absolute atomic E-state index is 11.9. The summed E-state index contributed by atoms with van der Waals surface area (Å²) in [5.74, 6) is -0.201. The Bertz CT molecular complexity index is 516. The van der Waals surface area contributed by atoms with E-state index in [4.69, 9.17) is 5.11 Å². The molecule has 20 heavy (non-hydrogen) atoms. The van der Waals surface area contributed by atoms with Crippen LogP contribution in [-0.2, 0) is 0 Å². The second kappa shape index (κ2) is 9.62. The molecule has 2 aromatic rings. The molecule has 2 rings (SSSR count). The molecule has 3 nitrogen and oxygen atoms in total. The van der Waals surface area contributed by atoms with Gasteiger partial charge in [-0.1, -0.05) is 39.8 Å². The van der Waals surface area contributed by atoms with Gasteiger partial charge < -0.3 is 10.2 Å². The highest BCUT2D eigenvalue weighted by Gasteiger charge is 2.12. The Balaban J connectivity index is 0.000000829. The summed E-state index contributed by atoms with van der Waals surface area (Å²) >= 11 is 0. The van der Waals surface area contributed by atoms with Crippen molar-refractivity contribution in [2.24, 2.45) is 0 Å². The zero-order valence-electron chi connectivity index (χ0n) is 12.4. The molecular weight excluding hydrogens is 252 g/mol. The monoisotopic (exact) mass is 274 g/mol. The van der Waals surface area contributed by atoms with E-state index in [9.17, 15) is 9.90 Å². The molecular formula is C17H22O3. The number of rotatable bonds is 2. The van der Waals surface area contributed by atoms with E-state index in [0.717, 1.165) is 0 Å². The number of carbonyl (C=O) groups excluding carboxylic acids is 1. The van der Waals surface area contributed by atoms with E-state index in [-0.39, 0.29) is 22.8 Å². The first-order valence-electron chi connectivity index (χ1n) is 6.80. The van der Waals surface area contributed by atoms with Gasteiger partial charge in [-0.05, 0) is 36.4 Å². The number of carbonyl (C=O) groups is 1. The number of para-hydroxylation sites is 1. The van der Waals surface area contributed by atoms with Crippen molar-refractivity contribution < 1.29 is 15.0 Å². The molecule has 108 valence electrons. The zero-order valence-corrected chi connectivity index (χ0v) is 12.4. The first-order valence-corrected chi connectivity index (χ1v) is 6.80. The lowest BCUT2D eigenvalue weighted by molar-refractivity contribution is 0.103. The molecule has 0 aromatic heterocycles. The molecule has 0 aliphatic heterocycles. The number of phenols is 2. The van der Waals surface area contributed by atoms with Gasteiger partial charge >= 0.3 is 0 Å². The third kappa shape index (κ3) is 4.76. The van der Waals surface area contributed by atoms with Crippen LogP contribution in [0.15, 0.2) is 48.5 Å². The highest BCUT2D eigenvalue weighted by molar-refractivity contribution is 6.10. The van der Waals surface area contributed by atoms with E-state index in [2.05, 4.69) is 0 Å². The first kappa shape index (κ1) is 17.7. The number of ketones is 1. The van der Waals surface area contributed by atoms with Crippen LogP contribution in [0.1, 0.15) is 43.6 Å². The van der Waals surface area contributed by atoms with Gasteiger partial charge in [-0.2, -0.15) is 0 Å². The SMILES string of the molecule is CC.CC.O=C(c1ccc(O)cc1)c1ccccc1O. The lowest BCUT2D eigenvalue weighted by Crippen LogP contribution is -2.00. The fraction of sp³-hybridized carbons (Fsp3) is 0.235. The zero-order chi connectivity index (χ0) is 15.5. The summed E-state index contributed by atoms with van der Waals surface area (Å²) in [6.07, 6.45) is 0. The number of aromatic hydroxyl groups is 2. The highest BCUT2D eigenvalue weighted by Crippen LogP contribution is 2.20. The highest BCUT2D eigenvalue weighted by atomic mass is 16.3. The third-order valence-electron chi connectivity index (χ3n) is 2.28. The summed E-state index contributed by atoms with van der Waals surface area (Å²) in [5, 5.41) is 18.6. The van der Waals surface area contributed by atoms with E-state index in [1.165, 1.54) is 30.3 Å². The average Bonchev–Trinajstić information content (AvgIpc) is 2.52. The molecule has 2 N–H and O–H groups in total. The molecule has 0 fully saturated rings. The van der Waals surface area contributed by atoms with Crippen molar-refractivity contribution in [1.29, 1.82) is 0 Å². The summed E-state index contributed by atoms with van der Waals surface area (Å²) in [5.41, 5.74) is 0.687. The molecule has 0 saturated heterocycles. The van der Waals surface area contributed by atoms with Crippen molar-refractivity contribution in [2.75, 3.05) is 0 Å². The molecule has 0 unspecified atom stereocenters. The molecule has 0 amide bonds. The van der Waals surface area contributed by atoms with Crippen molar-refractivity contribution in [2.45, 2.75) is 27.7 Å². The summed E-state index contributed by atoms with van der Waals surface area (Å²) in [7, 11) is 0. The van der Waals surface area contributed by atoms with Crippen LogP contribution in [0.3, 0.4) is 0 Å². The van der Waals surface area contributed by atoms with E-state index >= 15 is 0 Å². The lowest BCUT2D eigenvalue weighted by atomic mass is 10.0. The molecule has 0 radical (unpaired) electrons. The fourth-order valence-corrected chi connectivity index (χ4v) is 1.43. The van der Waals surface area contributed by atoms with Crippen LogP contribution in [0.5, 0.6) is 11.5 Å². The van der Waals surface area contributed by atoms with Gasteiger partial charge in [-0.15, -0.1) is 0 Å². The summed E-state index contributed by atoms with van der Waals surface area (Å²) < 4.78 is 0. The summed E-state index contributed by atoms with van der Waals surface area (Å²) in [6, 6.07) is 12.3. The molecule has 0 bridgehead atoms. The molecule has 0 saturated carbocycles. The van der Waals surface area contributed by atoms with Crippen molar-refractivity contribution in [3.63, 3.8) is 0 Å². The van der Waals surface area contributed by atoms with Crippen molar-refractivity contribution in [3.8, 4) is 11.5 Å². The van der Waals surface area contributed by atoms with Crippen LogP contribution < -0.4 is 0 Å². The quantitative estimate of drug-likeness (QED) is 0.799. The normalized spacial score (nSPS) is 8.60. The Labute approximate surface area is 120 Å². The van der Waals surface area contributed by atoms with Gasteiger partial charge in [0.25, 0.3) is 0 Å². The second-order valence-corrected chi connectivity index (χ2v) is 3.39. The maximum Gasteiger partial charge on any atom is 0.196 e. The van der Waals surface area contributed by atoms with Crippen LogP contribution in [0.4, 0.5) is 0 Å². The lowest BCUT2D eigenvalue weighted by Gasteiger charge is -2.03. The predicted octanol–water partition coefficient (Wildman–Crippen LogP) is 4.38. The molecule has 3 heteroatoms. The topological polar surface area (TPSA) is 57.5 Å². The number of benzene rings is 2. The van der Waals surface area contributed by atoms with Gasteiger partial charge in [-0.3, -0.25) is 4.79 Å². The Morgan fingerprint density at radius 2 is 1.30 bits per heavy atom. The maximum atomic E-state index is 11.9. The van der Waals surface area contributed by atoms with E-state index in [0.29, 0.717) is 5.56 Å². The largest absolute Gasteiger partial charge is 0.508 e. The number of hydrogen-bond acceptors (Lipinski definition) is 3. The third-order valence-corrected chi connectivity index (χ3v) is 2.28. The molecule has 2 aromatic carbocycles. The first-order chi connectivity index (χ1) is 9.68. The standard InChI is InChI=1S/C13H10O3.2C2H6/c14-10-7-5-9(6-8-10)13(16)11-3-1-2-4-12(11)15;2*1-2/h1-8,14-15H;2*1-2H3. The van der Waals surface area contributed by atoms with Gasteiger partial charge in [0.15, 0.2) is 5.78 Å². The van der Waals surface area contributed by atoms with Crippen molar-refractivity contribution in [3.05, 3.63) is 59.7 Å². The minimum Gasteiger partial charge on any atom is -0.508 e. The predicted molar refractivity (Wildman–Crippen MR) is 82.3 cm³/mol. The minimum absolute atomic E-state index is 0.0411. The Kier molecular flexibility index (Phi) is 8.51. The minimum atomic E-state index is -0.266. The van der Waals surface area contributed by atoms with E-state index in [1.54, 1.807) is 18.2 Å². The van der Waals surface area contributed by atoms with Crippen LogP contribution in [0, 0.1) is 0 Å². The van der Waals surface area contributed by atoms with Crippen LogP contribution in [0.25, 0.3) is 0 Å². The molecule has 0 atom stereocenters. The van der Waals surface area contributed by atoms with Crippen LogP contribution >= 0.6 is 0 Å². The molecule has 0 spiro atoms. The fourth-order valence-electron chi connectivity index (χ4n) is 1.43. The number of hydrogen-bond donors (Lipinski definition) is 2. The Hall–Kier alpha value is -2.29. The van der Waals surface area contributed by atoms with Crippen LogP contribution in [0.2, 0.25) is 0 Å². The van der Waals surface area contributed by atoms with E-state index < -0.39 is 0 Å². The molecule has 0 heterocycles. The number of phenolic OH excluding ortho intramolecular Hbond substituents is 2. The van der Waals surface area contributed by atoms with Gasteiger partial charge in [-0.25, -0.2) is 0 Å².